The highest BCUT2D eigenvalue weighted by Gasteiger charge is 2.49. The molecule has 1 saturated heterocycles. The van der Waals surface area contributed by atoms with Crippen LogP contribution in [0.25, 0.3) is 0 Å². The average molecular weight is 290 g/mol. The molecule has 0 atom stereocenters. The molecule has 21 heavy (non-hydrogen) atoms. The van der Waals surface area contributed by atoms with Crippen molar-refractivity contribution in [1.29, 1.82) is 0 Å². The lowest BCUT2D eigenvalue weighted by atomic mass is 10.0. The van der Waals surface area contributed by atoms with Crippen LogP contribution in [0, 0.1) is 0 Å². The molecule has 0 bridgehead atoms. The SMILES string of the molecule is CC.CN1C(=O)N(CC(=O)c2ccccc2)C(=O)C1(C)C. The molecule has 0 N–H and O–H groups in total. The minimum absolute atomic E-state index is 0.213. The van der Waals surface area contributed by atoms with Crippen LogP contribution in [-0.2, 0) is 4.79 Å². The molecule has 3 amide bonds. The minimum atomic E-state index is -0.895. The summed E-state index contributed by atoms with van der Waals surface area (Å²) < 4.78 is 0. The van der Waals surface area contributed by atoms with Gasteiger partial charge in [-0.05, 0) is 13.8 Å². The number of hydrogen-bond donors (Lipinski definition) is 0. The molecule has 0 aromatic heterocycles. The first kappa shape index (κ1) is 16.9. The Morgan fingerprint density at radius 3 is 2.05 bits per heavy atom. The summed E-state index contributed by atoms with van der Waals surface area (Å²) >= 11 is 0. The van der Waals surface area contributed by atoms with Gasteiger partial charge < -0.3 is 4.90 Å². The third-order valence-corrected chi connectivity index (χ3v) is 3.52. The molecule has 114 valence electrons. The molecule has 1 aromatic rings. The maximum absolute atomic E-state index is 12.1. The molecule has 0 spiro atoms. The van der Waals surface area contributed by atoms with Crippen LogP contribution in [0.1, 0.15) is 38.1 Å². The first-order valence-corrected chi connectivity index (χ1v) is 7.03. The highest BCUT2D eigenvalue weighted by molar-refractivity contribution is 6.10. The average Bonchev–Trinajstić information content (AvgIpc) is 2.65. The van der Waals surface area contributed by atoms with Gasteiger partial charge in [0.1, 0.15) is 5.54 Å². The van der Waals surface area contributed by atoms with E-state index in [2.05, 4.69) is 0 Å². The van der Waals surface area contributed by atoms with Crippen molar-refractivity contribution >= 4 is 17.7 Å². The number of likely N-dealkylation sites (N-methyl/N-ethyl adjacent to an activating group) is 1. The second kappa shape index (κ2) is 6.52. The number of imide groups is 1. The maximum atomic E-state index is 12.1. The van der Waals surface area contributed by atoms with Crippen molar-refractivity contribution in [3.63, 3.8) is 0 Å². The zero-order valence-electron chi connectivity index (χ0n) is 13.2. The summed E-state index contributed by atoms with van der Waals surface area (Å²) in [4.78, 5) is 38.5. The van der Waals surface area contributed by atoms with Gasteiger partial charge in [-0.2, -0.15) is 0 Å². The van der Waals surface area contributed by atoms with Gasteiger partial charge in [0.05, 0.1) is 6.54 Å². The second-order valence-corrected chi connectivity index (χ2v) is 5.08. The number of urea groups is 1. The molecule has 1 fully saturated rings. The van der Waals surface area contributed by atoms with E-state index < -0.39 is 11.6 Å². The van der Waals surface area contributed by atoms with Crippen LogP contribution in [0.2, 0.25) is 0 Å². The standard InChI is InChI=1S/C14H16N2O3.C2H6/c1-14(2)12(18)16(13(19)15(14)3)9-11(17)10-7-5-4-6-8-10;1-2/h4-8H,9H2,1-3H3;1-2H3. The fraction of sp³-hybridized carbons (Fsp3) is 0.438. The summed E-state index contributed by atoms with van der Waals surface area (Å²) in [6.07, 6.45) is 0. The molecule has 1 heterocycles. The quantitative estimate of drug-likeness (QED) is 0.635. The molecule has 0 radical (unpaired) electrons. The third-order valence-electron chi connectivity index (χ3n) is 3.52. The van der Waals surface area contributed by atoms with Crippen LogP contribution in [0.4, 0.5) is 4.79 Å². The molecular formula is C16H22N2O3. The number of carbonyl (C=O) groups is 3. The van der Waals surface area contributed by atoms with Gasteiger partial charge in [0, 0.05) is 12.6 Å². The van der Waals surface area contributed by atoms with E-state index in [1.54, 1.807) is 51.2 Å². The van der Waals surface area contributed by atoms with Crippen molar-refractivity contribution < 1.29 is 14.4 Å². The van der Waals surface area contributed by atoms with E-state index in [1.807, 2.05) is 13.8 Å². The molecule has 1 aliphatic heterocycles. The number of amides is 3. The number of ketones is 1. The van der Waals surface area contributed by atoms with Gasteiger partial charge >= 0.3 is 6.03 Å². The lowest BCUT2D eigenvalue weighted by Gasteiger charge is -2.22. The number of rotatable bonds is 3. The first-order chi connectivity index (χ1) is 9.85. The van der Waals surface area contributed by atoms with Crippen molar-refractivity contribution in [3.8, 4) is 0 Å². The summed E-state index contributed by atoms with van der Waals surface area (Å²) in [7, 11) is 1.56. The maximum Gasteiger partial charge on any atom is 0.327 e. The van der Waals surface area contributed by atoms with Crippen molar-refractivity contribution in [2.45, 2.75) is 33.2 Å². The molecule has 1 aliphatic rings. The van der Waals surface area contributed by atoms with Crippen molar-refractivity contribution in [2.75, 3.05) is 13.6 Å². The summed E-state index contributed by atoms with van der Waals surface area (Å²) in [5, 5.41) is 0. The Bertz CT molecular complexity index is 538. The summed E-state index contributed by atoms with van der Waals surface area (Å²) in [6.45, 7) is 7.12. The Kier molecular flexibility index (Phi) is 5.24. The Hall–Kier alpha value is -2.17. The number of hydrogen-bond acceptors (Lipinski definition) is 3. The molecule has 5 heteroatoms. The van der Waals surface area contributed by atoms with Crippen LogP contribution in [0.15, 0.2) is 30.3 Å². The van der Waals surface area contributed by atoms with Gasteiger partial charge in [-0.15, -0.1) is 0 Å². The molecule has 5 nitrogen and oxygen atoms in total. The molecule has 1 aromatic carbocycles. The minimum Gasteiger partial charge on any atom is -0.313 e. The van der Waals surface area contributed by atoms with Crippen molar-refractivity contribution in [1.82, 2.24) is 9.80 Å². The van der Waals surface area contributed by atoms with Crippen LogP contribution >= 0.6 is 0 Å². The summed E-state index contributed by atoms with van der Waals surface area (Å²) in [5.74, 6) is -0.585. The van der Waals surface area contributed by atoms with E-state index in [0.29, 0.717) is 5.56 Å². The van der Waals surface area contributed by atoms with Gasteiger partial charge in [0.15, 0.2) is 5.78 Å². The van der Waals surface area contributed by atoms with E-state index in [9.17, 15) is 14.4 Å². The largest absolute Gasteiger partial charge is 0.327 e. The van der Waals surface area contributed by atoms with Crippen LogP contribution in [0.5, 0.6) is 0 Å². The molecule has 2 rings (SSSR count). The van der Waals surface area contributed by atoms with E-state index in [1.165, 1.54) is 4.90 Å². The van der Waals surface area contributed by atoms with E-state index >= 15 is 0 Å². The Morgan fingerprint density at radius 1 is 1.10 bits per heavy atom. The zero-order valence-corrected chi connectivity index (χ0v) is 13.2. The Balaban J connectivity index is 0.00000106. The van der Waals surface area contributed by atoms with Gasteiger partial charge in [-0.3, -0.25) is 14.5 Å². The topological polar surface area (TPSA) is 57.7 Å². The van der Waals surface area contributed by atoms with Crippen LogP contribution in [-0.4, -0.2) is 46.7 Å². The van der Waals surface area contributed by atoms with Gasteiger partial charge in [0.2, 0.25) is 0 Å². The Labute approximate surface area is 125 Å². The van der Waals surface area contributed by atoms with E-state index in [0.717, 1.165) is 4.90 Å². The van der Waals surface area contributed by atoms with Crippen LogP contribution < -0.4 is 0 Å². The number of Topliss-reactive ketones (excluding diaryl/α,β-unsaturated/α-hetero) is 1. The highest BCUT2D eigenvalue weighted by Crippen LogP contribution is 2.25. The molecule has 0 saturated carbocycles. The van der Waals surface area contributed by atoms with Gasteiger partial charge in [-0.25, -0.2) is 4.79 Å². The Morgan fingerprint density at radius 2 is 1.62 bits per heavy atom. The third kappa shape index (κ3) is 3.12. The fourth-order valence-electron chi connectivity index (χ4n) is 1.98. The lowest BCUT2D eigenvalue weighted by molar-refractivity contribution is -0.131. The second-order valence-electron chi connectivity index (χ2n) is 5.08. The zero-order chi connectivity index (χ0) is 16.2. The van der Waals surface area contributed by atoms with E-state index in [-0.39, 0.29) is 18.2 Å². The smallest absolute Gasteiger partial charge is 0.313 e. The lowest BCUT2D eigenvalue weighted by Crippen LogP contribution is -2.42. The number of benzene rings is 1. The summed E-state index contributed by atoms with van der Waals surface area (Å²) in [6, 6.07) is 8.21. The number of carbonyl (C=O) groups excluding carboxylic acids is 3. The normalized spacial score (nSPS) is 16.6. The van der Waals surface area contributed by atoms with Crippen molar-refractivity contribution in [3.05, 3.63) is 35.9 Å². The highest BCUT2D eigenvalue weighted by atomic mass is 16.2. The van der Waals surface area contributed by atoms with Crippen molar-refractivity contribution in [2.24, 2.45) is 0 Å². The van der Waals surface area contributed by atoms with Crippen LogP contribution in [0.3, 0.4) is 0 Å². The predicted octanol–water partition coefficient (Wildman–Crippen LogP) is 2.57. The molecule has 0 unspecified atom stereocenters. The first-order valence-electron chi connectivity index (χ1n) is 7.03. The molecular weight excluding hydrogens is 268 g/mol. The molecule has 0 aliphatic carbocycles. The fourth-order valence-corrected chi connectivity index (χ4v) is 1.98. The van der Waals surface area contributed by atoms with Gasteiger partial charge in [0.25, 0.3) is 5.91 Å². The van der Waals surface area contributed by atoms with E-state index in [4.69, 9.17) is 0 Å². The summed E-state index contributed by atoms with van der Waals surface area (Å²) in [5.41, 5.74) is -0.399. The predicted molar refractivity (Wildman–Crippen MR) is 81.1 cm³/mol. The monoisotopic (exact) mass is 290 g/mol. The van der Waals surface area contributed by atoms with Gasteiger partial charge in [-0.1, -0.05) is 44.2 Å². The number of nitrogens with zero attached hydrogens (tertiary/aromatic N) is 2.